The number of benzene rings is 2. The SMILES string of the molecule is CNC(Cc1ccc2ccccc2c1)c1sccc1Br. The molecule has 0 radical (unpaired) electrons. The maximum atomic E-state index is 3.63. The van der Waals surface area contributed by atoms with Crippen LogP contribution in [0.1, 0.15) is 16.5 Å². The Morgan fingerprint density at radius 1 is 1.10 bits per heavy atom. The van der Waals surface area contributed by atoms with Crippen molar-refractivity contribution in [3.63, 3.8) is 0 Å². The Labute approximate surface area is 131 Å². The molecule has 0 saturated heterocycles. The van der Waals surface area contributed by atoms with Gasteiger partial charge in [0.25, 0.3) is 0 Å². The summed E-state index contributed by atoms with van der Waals surface area (Å²) in [5, 5.41) is 8.16. The Morgan fingerprint density at radius 3 is 2.60 bits per heavy atom. The maximum absolute atomic E-state index is 3.63. The monoisotopic (exact) mass is 345 g/mol. The molecule has 0 amide bonds. The van der Waals surface area contributed by atoms with Crippen molar-refractivity contribution in [2.45, 2.75) is 12.5 Å². The summed E-state index contributed by atoms with van der Waals surface area (Å²) in [5.74, 6) is 0. The smallest absolute Gasteiger partial charge is 0.0464 e. The first-order valence-corrected chi connectivity index (χ1v) is 8.33. The molecular weight excluding hydrogens is 330 g/mol. The van der Waals surface area contributed by atoms with E-state index in [4.69, 9.17) is 0 Å². The minimum absolute atomic E-state index is 0.352. The van der Waals surface area contributed by atoms with Gasteiger partial charge in [0.1, 0.15) is 0 Å². The summed E-state index contributed by atoms with van der Waals surface area (Å²) in [6.45, 7) is 0. The molecule has 20 heavy (non-hydrogen) atoms. The van der Waals surface area contributed by atoms with Crippen molar-refractivity contribution in [1.29, 1.82) is 0 Å². The van der Waals surface area contributed by atoms with Crippen molar-refractivity contribution < 1.29 is 0 Å². The number of halogens is 1. The number of thiophene rings is 1. The van der Waals surface area contributed by atoms with Crippen LogP contribution in [0.25, 0.3) is 10.8 Å². The van der Waals surface area contributed by atoms with Crippen LogP contribution in [0.4, 0.5) is 0 Å². The van der Waals surface area contributed by atoms with Gasteiger partial charge in [-0.05, 0) is 57.2 Å². The highest BCUT2D eigenvalue weighted by atomic mass is 79.9. The fraction of sp³-hybridized carbons (Fsp3) is 0.176. The Hall–Kier alpha value is -1.16. The van der Waals surface area contributed by atoms with Crippen LogP contribution < -0.4 is 5.32 Å². The molecule has 0 bridgehead atoms. The third kappa shape index (κ3) is 2.80. The van der Waals surface area contributed by atoms with Crippen molar-refractivity contribution in [3.8, 4) is 0 Å². The zero-order valence-electron chi connectivity index (χ0n) is 11.3. The Morgan fingerprint density at radius 2 is 1.90 bits per heavy atom. The summed E-state index contributed by atoms with van der Waals surface area (Å²) in [6.07, 6.45) is 1.00. The van der Waals surface area contributed by atoms with Gasteiger partial charge in [-0.2, -0.15) is 0 Å². The number of fused-ring (bicyclic) bond motifs is 1. The lowest BCUT2D eigenvalue weighted by atomic mass is 10.0. The minimum Gasteiger partial charge on any atom is -0.312 e. The Bertz CT molecular complexity index is 720. The van der Waals surface area contributed by atoms with Gasteiger partial charge in [-0.1, -0.05) is 42.5 Å². The molecular formula is C17H16BrNS. The number of hydrogen-bond donors (Lipinski definition) is 1. The lowest BCUT2D eigenvalue weighted by Gasteiger charge is -2.16. The van der Waals surface area contributed by atoms with Crippen LogP contribution in [0.2, 0.25) is 0 Å². The van der Waals surface area contributed by atoms with Crippen LogP contribution in [-0.2, 0) is 6.42 Å². The molecule has 3 heteroatoms. The van der Waals surface area contributed by atoms with E-state index in [1.54, 1.807) is 11.3 Å². The molecule has 2 aromatic carbocycles. The molecule has 1 nitrogen and oxygen atoms in total. The lowest BCUT2D eigenvalue weighted by molar-refractivity contribution is 0.600. The zero-order valence-corrected chi connectivity index (χ0v) is 13.7. The molecule has 1 unspecified atom stereocenters. The van der Waals surface area contributed by atoms with Gasteiger partial charge in [0.05, 0.1) is 0 Å². The molecule has 0 aliphatic rings. The molecule has 1 atom stereocenters. The third-order valence-corrected chi connectivity index (χ3v) is 5.55. The molecule has 1 aromatic heterocycles. The highest BCUT2D eigenvalue weighted by Crippen LogP contribution is 2.31. The second-order valence-corrected chi connectivity index (χ2v) is 6.66. The highest BCUT2D eigenvalue weighted by molar-refractivity contribution is 9.10. The van der Waals surface area contributed by atoms with Gasteiger partial charge >= 0.3 is 0 Å². The van der Waals surface area contributed by atoms with E-state index >= 15 is 0 Å². The normalized spacial score (nSPS) is 12.7. The predicted octanol–water partition coefficient (Wildman–Crippen LogP) is 5.17. The quantitative estimate of drug-likeness (QED) is 0.687. The average molecular weight is 346 g/mol. The van der Waals surface area contributed by atoms with Crippen molar-refractivity contribution >= 4 is 38.0 Å². The number of likely N-dealkylation sites (N-methyl/N-ethyl adjacent to an activating group) is 1. The van der Waals surface area contributed by atoms with E-state index < -0.39 is 0 Å². The number of nitrogens with one attached hydrogen (secondary N) is 1. The van der Waals surface area contributed by atoms with E-state index in [0.29, 0.717) is 6.04 Å². The van der Waals surface area contributed by atoms with Crippen molar-refractivity contribution in [2.75, 3.05) is 7.05 Å². The predicted molar refractivity (Wildman–Crippen MR) is 91.5 cm³/mol. The standard InChI is InChI=1S/C17H16BrNS/c1-19-16(17-15(18)8-9-20-17)11-12-6-7-13-4-2-3-5-14(13)10-12/h2-10,16,19H,11H2,1H3. The minimum atomic E-state index is 0.352. The van der Waals surface area contributed by atoms with Crippen molar-refractivity contribution in [1.82, 2.24) is 5.32 Å². The molecule has 3 rings (SSSR count). The van der Waals surface area contributed by atoms with E-state index in [1.165, 1.54) is 25.7 Å². The van der Waals surface area contributed by atoms with Gasteiger partial charge < -0.3 is 5.32 Å². The zero-order chi connectivity index (χ0) is 13.9. The fourth-order valence-electron chi connectivity index (χ4n) is 2.48. The van der Waals surface area contributed by atoms with E-state index in [2.05, 4.69) is 75.2 Å². The van der Waals surface area contributed by atoms with Crippen LogP contribution in [0.15, 0.2) is 58.4 Å². The summed E-state index contributed by atoms with van der Waals surface area (Å²) in [7, 11) is 2.03. The van der Waals surface area contributed by atoms with Gasteiger partial charge in [-0.15, -0.1) is 11.3 Å². The van der Waals surface area contributed by atoms with E-state index in [1.807, 2.05) is 7.05 Å². The molecule has 1 N–H and O–H groups in total. The van der Waals surface area contributed by atoms with Crippen molar-refractivity contribution in [3.05, 3.63) is 68.8 Å². The van der Waals surface area contributed by atoms with Gasteiger partial charge in [-0.3, -0.25) is 0 Å². The van der Waals surface area contributed by atoms with E-state index in [-0.39, 0.29) is 0 Å². The Balaban J connectivity index is 1.89. The van der Waals surface area contributed by atoms with Gasteiger partial charge in [0, 0.05) is 15.4 Å². The largest absolute Gasteiger partial charge is 0.312 e. The second-order valence-electron chi connectivity index (χ2n) is 4.86. The van der Waals surface area contributed by atoms with Crippen LogP contribution in [-0.4, -0.2) is 7.05 Å². The molecule has 0 aliphatic carbocycles. The second kappa shape index (κ2) is 6.08. The fourth-order valence-corrected chi connectivity index (χ4v) is 4.24. The lowest BCUT2D eigenvalue weighted by Crippen LogP contribution is -2.18. The maximum Gasteiger partial charge on any atom is 0.0464 e. The molecule has 0 aliphatic heterocycles. The first kappa shape index (κ1) is 13.8. The van der Waals surface area contributed by atoms with Crippen LogP contribution in [0.5, 0.6) is 0 Å². The van der Waals surface area contributed by atoms with Gasteiger partial charge in [-0.25, -0.2) is 0 Å². The first-order chi connectivity index (χ1) is 9.78. The molecule has 0 fully saturated rings. The highest BCUT2D eigenvalue weighted by Gasteiger charge is 2.14. The number of rotatable bonds is 4. The summed E-state index contributed by atoms with van der Waals surface area (Å²) < 4.78 is 1.20. The van der Waals surface area contributed by atoms with Gasteiger partial charge in [0.2, 0.25) is 0 Å². The summed E-state index contributed by atoms with van der Waals surface area (Å²) in [6, 6.07) is 17.7. The van der Waals surface area contributed by atoms with Crippen LogP contribution in [0, 0.1) is 0 Å². The van der Waals surface area contributed by atoms with Crippen LogP contribution in [0.3, 0.4) is 0 Å². The molecule has 3 aromatic rings. The van der Waals surface area contributed by atoms with E-state index in [0.717, 1.165) is 6.42 Å². The first-order valence-electron chi connectivity index (χ1n) is 6.66. The summed E-state index contributed by atoms with van der Waals surface area (Å²) in [4.78, 5) is 1.36. The molecule has 102 valence electrons. The van der Waals surface area contributed by atoms with Crippen LogP contribution >= 0.6 is 27.3 Å². The number of hydrogen-bond acceptors (Lipinski definition) is 2. The molecule has 0 saturated carbocycles. The summed E-state index contributed by atoms with van der Waals surface area (Å²) >= 11 is 5.43. The molecule has 0 spiro atoms. The van der Waals surface area contributed by atoms with E-state index in [9.17, 15) is 0 Å². The average Bonchev–Trinajstić information content (AvgIpc) is 2.91. The Kier molecular flexibility index (Phi) is 4.20. The topological polar surface area (TPSA) is 12.0 Å². The van der Waals surface area contributed by atoms with Gasteiger partial charge in [0.15, 0.2) is 0 Å². The third-order valence-electron chi connectivity index (χ3n) is 3.56. The molecule has 1 heterocycles. The summed E-state index contributed by atoms with van der Waals surface area (Å²) in [5.41, 5.74) is 1.36. The van der Waals surface area contributed by atoms with Crippen molar-refractivity contribution in [2.24, 2.45) is 0 Å².